The fourth-order valence-electron chi connectivity index (χ4n) is 1.64. The lowest BCUT2D eigenvalue weighted by Crippen LogP contribution is -2.48. The van der Waals surface area contributed by atoms with Gasteiger partial charge in [-0.05, 0) is 18.2 Å². The topological polar surface area (TPSA) is 102 Å². The van der Waals surface area contributed by atoms with Gasteiger partial charge in [0.05, 0.1) is 5.69 Å². The van der Waals surface area contributed by atoms with Crippen LogP contribution in [0.2, 0.25) is 0 Å². The van der Waals surface area contributed by atoms with E-state index < -0.39 is 17.7 Å². The molecule has 3 N–H and O–H groups in total. The summed E-state index contributed by atoms with van der Waals surface area (Å²) < 4.78 is 5.17. The number of rotatable bonds is 1. The molecule has 18 heavy (non-hydrogen) atoms. The van der Waals surface area contributed by atoms with Gasteiger partial charge in [-0.1, -0.05) is 0 Å². The lowest BCUT2D eigenvalue weighted by atomic mass is 10.2. The van der Waals surface area contributed by atoms with E-state index in [0.717, 1.165) is 4.90 Å². The van der Waals surface area contributed by atoms with Gasteiger partial charge in [-0.3, -0.25) is 14.4 Å². The second-order valence-corrected chi connectivity index (χ2v) is 3.62. The second kappa shape index (κ2) is 4.36. The van der Waals surface area contributed by atoms with Crippen LogP contribution in [0.3, 0.4) is 0 Å². The Morgan fingerprint density at radius 3 is 2.78 bits per heavy atom. The Morgan fingerprint density at radius 1 is 1.44 bits per heavy atom. The summed E-state index contributed by atoms with van der Waals surface area (Å²) in [6, 6.07) is 4.86. The van der Waals surface area contributed by atoms with Crippen LogP contribution < -0.4 is 20.7 Å². The summed E-state index contributed by atoms with van der Waals surface area (Å²) in [6.07, 6.45) is 0. The maximum atomic E-state index is 11.7. The number of hydrogen-bond donors (Lipinski definition) is 2. The Kier molecular flexibility index (Phi) is 2.88. The van der Waals surface area contributed by atoms with Crippen LogP contribution in [0.5, 0.6) is 5.75 Å². The Balaban J connectivity index is 2.52. The molecular formula is C11H11N3O4. The highest BCUT2D eigenvalue weighted by atomic mass is 16.5. The van der Waals surface area contributed by atoms with Crippen molar-refractivity contribution in [3.05, 3.63) is 18.2 Å². The van der Waals surface area contributed by atoms with Crippen LogP contribution in [-0.2, 0) is 14.4 Å². The molecule has 2 rings (SSSR count). The number of hydrogen-bond acceptors (Lipinski definition) is 5. The molecule has 0 radical (unpaired) electrons. The molecule has 0 aromatic heterocycles. The van der Waals surface area contributed by atoms with Crippen LogP contribution in [-0.4, -0.2) is 31.4 Å². The minimum Gasteiger partial charge on any atom is -0.482 e. The zero-order valence-corrected chi connectivity index (χ0v) is 9.60. The van der Waals surface area contributed by atoms with E-state index in [0.29, 0.717) is 11.4 Å². The molecule has 1 aliphatic rings. The Bertz CT molecular complexity index is 541. The van der Waals surface area contributed by atoms with E-state index in [2.05, 4.69) is 5.32 Å². The zero-order chi connectivity index (χ0) is 13.3. The lowest BCUT2D eigenvalue weighted by Gasteiger charge is -2.27. The molecule has 0 saturated heterocycles. The van der Waals surface area contributed by atoms with Gasteiger partial charge in [0.2, 0.25) is 0 Å². The van der Waals surface area contributed by atoms with Gasteiger partial charge in [0.15, 0.2) is 6.61 Å². The number of nitrogens with one attached hydrogen (secondary N) is 1. The summed E-state index contributed by atoms with van der Waals surface area (Å²) in [5.41, 5.74) is 5.80. The number of benzene rings is 1. The van der Waals surface area contributed by atoms with Crippen molar-refractivity contribution >= 4 is 29.1 Å². The predicted molar refractivity (Wildman–Crippen MR) is 63.2 cm³/mol. The summed E-state index contributed by atoms with van der Waals surface area (Å²) in [4.78, 5) is 34.9. The molecule has 0 aliphatic carbocycles. The number of primary amides is 1. The van der Waals surface area contributed by atoms with Crippen LogP contribution in [0.25, 0.3) is 0 Å². The first-order chi connectivity index (χ1) is 8.54. The predicted octanol–water partition coefficient (Wildman–Crippen LogP) is -0.534. The van der Waals surface area contributed by atoms with Crippen LogP contribution >= 0.6 is 0 Å². The Labute approximate surface area is 102 Å². The van der Waals surface area contributed by atoms with Crippen LogP contribution in [0.1, 0.15) is 0 Å². The molecule has 0 unspecified atom stereocenters. The molecule has 0 fully saturated rings. The van der Waals surface area contributed by atoms with Crippen LogP contribution in [0, 0.1) is 0 Å². The molecule has 94 valence electrons. The van der Waals surface area contributed by atoms with E-state index in [1.54, 1.807) is 19.2 Å². The smallest absolute Gasteiger partial charge is 0.323 e. The van der Waals surface area contributed by atoms with Crippen molar-refractivity contribution in [3.63, 3.8) is 0 Å². The van der Waals surface area contributed by atoms with Crippen molar-refractivity contribution in [2.24, 2.45) is 5.73 Å². The van der Waals surface area contributed by atoms with Crippen molar-refractivity contribution in [1.29, 1.82) is 0 Å². The van der Waals surface area contributed by atoms with Gasteiger partial charge >= 0.3 is 11.8 Å². The maximum Gasteiger partial charge on any atom is 0.323 e. The van der Waals surface area contributed by atoms with Crippen LogP contribution in [0.4, 0.5) is 11.4 Å². The van der Waals surface area contributed by atoms with Gasteiger partial charge in [0.1, 0.15) is 5.75 Å². The van der Waals surface area contributed by atoms with Gasteiger partial charge in [-0.15, -0.1) is 0 Å². The number of nitrogens with zero attached hydrogens (tertiary/aromatic N) is 1. The third-order valence-corrected chi connectivity index (χ3v) is 2.50. The average Bonchev–Trinajstić information content (AvgIpc) is 2.37. The van der Waals surface area contributed by atoms with E-state index in [4.69, 9.17) is 10.5 Å². The molecule has 1 aromatic carbocycles. The molecule has 7 nitrogen and oxygen atoms in total. The van der Waals surface area contributed by atoms with Gasteiger partial charge in [0.25, 0.3) is 5.91 Å². The van der Waals surface area contributed by atoms with Crippen molar-refractivity contribution in [1.82, 2.24) is 0 Å². The average molecular weight is 249 g/mol. The van der Waals surface area contributed by atoms with E-state index in [9.17, 15) is 14.4 Å². The number of amides is 3. The molecule has 0 saturated carbocycles. The standard InChI is InChI=1S/C11H11N3O4/c1-13-6-2-3-8-7(4-6)14(9(15)5-18-8)11(17)10(12)16/h2-4,13H,5H2,1H3,(H2,12,16). The summed E-state index contributed by atoms with van der Waals surface area (Å²) in [6.45, 7) is -0.301. The molecule has 1 aromatic rings. The maximum absolute atomic E-state index is 11.7. The van der Waals surface area contributed by atoms with Crippen molar-refractivity contribution < 1.29 is 19.1 Å². The quantitative estimate of drug-likeness (QED) is 0.651. The summed E-state index contributed by atoms with van der Waals surface area (Å²) in [7, 11) is 1.69. The monoisotopic (exact) mass is 249 g/mol. The molecule has 7 heteroatoms. The summed E-state index contributed by atoms with van der Waals surface area (Å²) >= 11 is 0. The van der Waals surface area contributed by atoms with Crippen LogP contribution in [0.15, 0.2) is 18.2 Å². The number of carbonyl (C=O) groups is 3. The first-order valence-electron chi connectivity index (χ1n) is 5.16. The fourth-order valence-corrected chi connectivity index (χ4v) is 1.64. The number of nitrogens with two attached hydrogens (primary N) is 1. The first kappa shape index (κ1) is 11.9. The van der Waals surface area contributed by atoms with Gasteiger partial charge in [-0.25, -0.2) is 4.90 Å². The van der Waals surface area contributed by atoms with Crippen molar-refractivity contribution in [3.8, 4) is 5.75 Å². The van der Waals surface area contributed by atoms with E-state index in [1.165, 1.54) is 6.07 Å². The second-order valence-electron chi connectivity index (χ2n) is 3.62. The highest BCUT2D eigenvalue weighted by Crippen LogP contribution is 2.34. The van der Waals surface area contributed by atoms with Gasteiger partial charge in [-0.2, -0.15) is 0 Å². The highest BCUT2D eigenvalue weighted by molar-refractivity contribution is 6.45. The number of imide groups is 1. The molecular weight excluding hydrogens is 238 g/mol. The molecule has 0 atom stereocenters. The van der Waals surface area contributed by atoms with E-state index >= 15 is 0 Å². The number of fused-ring (bicyclic) bond motifs is 1. The SMILES string of the molecule is CNc1ccc2c(c1)N(C(=O)C(N)=O)C(=O)CO2. The first-order valence-corrected chi connectivity index (χ1v) is 5.16. The third kappa shape index (κ3) is 1.86. The number of carbonyl (C=O) groups excluding carboxylic acids is 3. The minimum atomic E-state index is -1.19. The summed E-state index contributed by atoms with van der Waals surface area (Å²) in [5, 5.41) is 2.86. The molecule has 1 aliphatic heterocycles. The van der Waals surface area contributed by atoms with E-state index in [1.807, 2.05) is 0 Å². The number of ether oxygens (including phenoxy) is 1. The van der Waals surface area contributed by atoms with Crippen molar-refractivity contribution in [2.75, 3.05) is 23.9 Å². The summed E-state index contributed by atoms with van der Waals surface area (Å²) in [5.74, 6) is -2.54. The zero-order valence-electron chi connectivity index (χ0n) is 9.60. The fraction of sp³-hybridized carbons (Fsp3) is 0.182. The molecule has 0 spiro atoms. The normalized spacial score (nSPS) is 13.6. The molecule has 3 amide bonds. The molecule has 1 heterocycles. The lowest BCUT2D eigenvalue weighted by molar-refractivity contribution is -0.138. The number of anilines is 2. The Hall–Kier alpha value is -2.57. The van der Waals surface area contributed by atoms with Gasteiger partial charge < -0.3 is 15.8 Å². The minimum absolute atomic E-state index is 0.210. The van der Waals surface area contributed by atoms with Gasteiger partial charge in [0, 0.05) is 12.7 Å². The Morgan fingerprint density at radius 2 is 2.17 bits per heavy atom. The van der Waals surface area contributed by atoms with E-state index in [-0.39, 0.29) is 12.3 Å². The molecule has 0 bridgehead atoms. The highest BCUT2D eigenvalue weighted by Gasteiger charge is 2.33. The van der Waals surface area contributed by atoms with Crippen molar-refractivity contribution in [2.45, 2.75) is 0 Å². The third-order valence-electron chi connectivity index (χ3n) is 2.50. The largest absolute Gasteiger partial charge is 0.482 e.